The van der Waals surface area contributed by atoms with E-state index in [1.54, 1.807) is 24.3 Å². The van der Waals surface area contributed by atoms with Gasteiger partial charge >= 0.3 is 11.9 Å². The number of carboxylic acids is 1. The fourth-order valence-electron chi connectivity index (χ4n) is 5.18. The van der Waals surface area contributed by atoms with Crippen molar-refractivity contribution >= 4 is 35.6 Å². The zero-order chi connectivity index (χ0) is 32.6. The summed E-state index contributed by atoms with van der Waals surface area (Å²) >= 11 is 0. The van der Waals surface area contributed by atoms with Gasteiger partial charge in [0.15, 0.2) is 6.04 Å². The molecule has 1 N–H and O–H groups in total. The Bertz CT molecular complexity index is 1720. The molecule has 2 aliphatic heterocycles. The van der Waals surface area contributed by atoms with Crippen molar-refractivity contribution in [3.05, 3.63) is 120 Å². The number of hydrogen-bond donors (Lipinski definition) is 1. The number of carboxylic acid groups (broad SMARTS) is 1. The van der Waals surface area contributed by atoms with Crippen LogP contribution in [0.25, 0.3) is 22.3 Å². The standard InChI is InChI=1S/2C18H15NO4/c20-16-10-11-17(21)19(16)23-18(22)12-13-6-8-15(9-7-13)14-4-2-1-3-5-14;20-15-10-11-16(21)19(15)17(18(22)23)14-8-6-13(7-9-14)12-4-2-1-3-5-12/h1-9H,10-12H2;1-9,17H,10-11H2,(H,22,23). The molecule has 2 heterocycles. The summed E-state index contributed by atoms with van der Waals surface area (Å²) in [6.07, 6.45) is 0.345. The lowest BCUT2D eigenvalue weighted by molar-refractivity contribution is -0.197. The Labute approximate surface area is 264 Å². The molecule has 6 rings (SSSR count). The maximum atomic E-state index is 11.8. The summed E-state index contributed by atoms with van der Waals surface area (Å²) in [6, 6.07) is 32.7. The molecule has 4 amide bonds. The minimum Gasteiger partial charge on any atom is -0.479 e. The van der Waals surface area contributed by atoms with E-state index < -0.39 is 41.6 Å². The van der Waals surface area contributed by atoms with Crippen molar-refractivity contribution in [2.24, 2.45) is 0 Å². The first kappa shape index (κ1) is 31.5. The lowest BCUT2D eigenvalue weighted by atomic mass is 10.00. The summed E-state index contributed by atoms with van der Waals surface area (Å²) < 4.78 is 0. The van der Waals surface area contributed by atoms with E-state index in [2.05, 4.69) is 0 Å². The lowest BCUT2D eigenvalue weighted by Gasteiger charge is -2.23. The molecule has 232 valence electrons. The Kier molecular flexibility index (Phi) is 9.77. The number of imide groups is 2. The van der Waals surface area contributed by atoms with E-state index in [9.17, 15) is 33.9 Å². The molecule has 1 atom stereocenters. The molecule has 46 heavy (non-hydrogen) atoms. The number of carbonyl (C=O) groups is 6. The average Bonchev–Trinajstić information content (AvgIpc) is 3.57. The van der Waals surface area contributed by atoms with Crippen LogP contribution in [0.2, 0.25) is 0 Å². The summed E-state index contributed by atoms with van der Waals surface area (Å²) in [5.74, 6) is -3.64. The van der Waals surface area contributed by atoms with E-state index in [4.69, 9.17) is 4.84 Å². The first-order chi connectivity index (χ1) is 22.2. The second-order valence-electron chi connectivity index (χ2n) is 10.7. The quantitative estimate of drug-likeness (QED) is 0.268. The highest BCUT2D eigenvalue weighted by molar-refractivity contribution is 6.05. The molecule has 0 aromatic heterocycles. The number of carbonyl (C=O) groups excluding carboxylic acids is 5. The second-order valence-corrected chi connectivity index (χ2v) is 10.7. The third-order valence-corrected chi connectivity index (χ3v) is 7.52. The number of aliphatic carboxylic acids is 1. The predicted octanol–water partition coefficient (Wildman–Crippen LogP) is 5.13. The monoisotopic (exact) mass is 618 g/mol. The molecule has 2 saturated heterocycles. The van der Waals surface area contributed by atoms with Crippen molar-refractivity contribution in [3.63, 3.8) is 0 Å². The molecule has 2 fully saturated rings. The van der Waals surface area contributed by atoms with Gasteiger partial charge in [-0.15, -0.1) is 5.06 Å². The van der Waals surface area contributed by atoms with Gasteiger partial charge in [0.1, 0.15) is 0 Å². The number of rotatable bonds is 8. The highest BCUT2D eigenvalue weighted by Crippen LogP contribution is 2.29. The lowest BCUT2D eigenvalue weighted by Crippen LogP contribution is -2.37. The topological polar surface area (TPSA) is 138 Å². The molecule has 4 aromatic carbocycles. The van der Waals surface area contributed by atoms with Gasteiger partial charge in [0.05, 0.1) is 6.42 Å². The van der Waals surface area contributed by atoms with Crippen molar-refractivity contribution in [1.82, 2.24) is 9.96 Å². The summed E-state index contributed by atoms with van der Waals surface area (Å²) in [5.41, 5.74) is 5.27. The first-order valence-corrected chi connectivity index (χ1v) is 14.7. The van der Waals surface area contributed by atoms with Crippen LogP contribution in [-0.4, -0.2) is 50.6 Å². The highest BCUT2D eigenvalue weighted by atomic mass is 16.7. The summed E-state index contributed by atoms with van der Waals surface area (Å²) in [4.78, 5) is 75.6. The fourth-order valence-corrected chi connectivity index (χ4v) is 5.18. The number of hydrogen-bond acceptors (Lipinski definition) is 7. The normalized spacial score (nSPS) is 15.0. The largest absolute Gasteiger partial charge is 0.479 e. The maximum Gasteiger partial charge on any atom is 0.337 e. The molecule has 0 spiro atoms. The molecule has 0 bridgehead atoms. The van der Waals surface area contributed by atoms with Crippen LogP contribution < -0.4 is 0 Å². The van der Waals surface area contributed by atoms with Gasteiger partial charge in [-0.2, -0.15) is 0 Å². The minimum atomic E-state index is -1.26. The van der Waals surface area contributed by atoms with Crippen LogP contribution in [0.5, 0.6) is 0 Å². The maximum absolute atomic E-state index is 11.8. The van der Waals surface area contributed by atoms with E-state index in [1.807, 2.05) is 84.9 Å². The fraction of sp³-hybridized carbons (Fsp3) is 0.167. The van der Waals surface area contributed by atoms with Gasteiger partial charge in [0.25, 0.3) is 11.8 Å². The van der Waals surface area contributed by atoms with Crippen LogP contribution >= 0.6 is 0 Å². The number of nitrogens with zero attached hydrogens (tertiary/aromatic N) is 2. The molecule has 10 heteroatoms. The molecular weight excluding hydrogens is 588 g/mol. The van der Waals surface area contributed by atoms with Gasteiger partial charge in [0, 0.05) is 25.7 Å². The smallest absolute Gasteiger partial charge is 0.337 e. The first-order valence-electron chi connectivity index (χ1n) is 14.7. The van der Waals surface area contributed by atoms with Crippen LogP contribution in [-0.2, 0) is 40.0 Å². The van der Waals surface area contributed by atoms with Crippen LogP contribution in [0.1, 0.15) is 42.9 Å². The molecule has 0 saturated carbocycles. The van der Waals surface area contributed by atoms with Gasteiger partial charge in [0.2, 0.25) is 11.8 Å². The van der Waals surface area contributed by atoms with E-state index in [0.717, 1.165) is 32.7 Å². The molecular formula is C36H30N2O8. The molecule has 0 aliphatic carbocycles. The second kappa shape index (κ2) is 14.3. The van der Waals surface area contributed by atoms with Crippen LogP contribution in [0.15, 0.2) is 109 Å². The number of benzene rings is 4. The summed E-state index contributed by atoms with van der Waals surface area (Å²) in [5, 5.41) is 10.0. The van der Waals surface area contributed by atoms with Gasteiger partial charge in [-0.25, -0.2) is 9.59 Å². The molecule has 0 radical (unpaired) electrons. The van der Waals surface area contributed by atoms with Crippen molar-refractivity contribution in [2.45, 2.75) is 38.1 Å². The summed E-state index contributed by atoms with van der Waals surface area (Å²) in [7, 11) is 0. The minimum absolute atomic E-state index is 0.00608. The zero-order valence-corrected chi connectivity index (χ0v) is 24.7. The van der Waals surface area contributed by atoms with Crippen molar-refractivity contribution in [3.8, 4) is 22.3 Å². The molecule has 4 aromatic rings. The van der Waals surface area contributed by atoms with Gasteiger partial charge in [-0.3, -0.25) is 24.1 Å². The molecule has 10 nitrogen and oxygen atoms in total. The Hall–Kier alpha value is -5.90. The SMILES string of the molecule is O=C(Cc1ccc(-c2ccccc2)cc1)ON1C(=O)CCC1=O.O=C(O)C(c1ccc(-c2ccccc2)cc1)N1C(=O)CCC1=O. The summed E-state index contributed by atoms with van der Waals surface area (Å²) in [6.45, 7) is 0. The third-order valence-electron chi connectivity index (χ3n) is 7.52. The van der Waals surface area contributed by atoms with Crippen molar-refractivity contribution < 1.29 is 38.7 Å². The Morgan fingerprint density at radius 3 is 1.46 bits per heavy atom. The molecule has 1 unspecified atom stereocenters. The number of amides is 4. The van der Waals surface area contributed by atoms with Crippen molar-refractivity contribution in [1.29, 1.82) is 0 Å². The van der Waals surface area contributed by atoms with E-state index in [-0.39, 0.29) is 32.1 Å². The third kappa shape index (κ3) is 7.41. The Balaban J connectivity index is 0.000000181. The van der Waals surface area contributed by atoms with Gasteiger partial charge in [-0.05, 0) is 33.4 Å². The molecule has 2 aliphatic rings. The highest BCUT2D eigenvalue weighted by Gasteiger charge is 2.39. The van der Waals surface area contributed by atoms with Crippen molar-refractivity contribution in [2.75, 3.05) is 0 Å². The van der Waals surface area contributed by atoms with Crippen LogP contribution in [0.4, 0.5) is 0 Å². The average molecular weight is 619 g/mol. The van der Waals surface area contributed by atoms with Gasteiger partial charge in [-0.1, -0.05) is 109 Å². The van der Waals surface area contributed by atoms with E-state index in [1.165, 1.54) is 0 Å². The zero-order valence-electron chi connectivity index (χ0n) is 24.7. The van der Waals surface area contributed by atoms with Crippen LogP contribution in [0, 0.1) is 0 Å². The van der Waals surface area contributed by atoms with E-state index >= 15 is 0 Å². The number of hydroxylamine groups is 2. The number of likely N-dealkylation sites (tertiary alicyclic amines) is 1. The van der Waals surface area contributed by atoms with Gasteiger partial charge < -0.3 is 9.94 Å². The van der Waals surface area contributed by atoms with E-state index in [0.29, 0.717) is 10.6 Å². The van der Waals surface area contributed by atoms with Crippen LogP contribution in [0.3, 0.4) is 0 Å². The Morgan fingerprint density at radius 2 is 1.00 bits per heavy atom. The predicted molar refractivity (Wildman–Crippen MR) is 166 cm³/mol. The Morgan fingerprint density at radius 1 is 0.587 bits per heavy atom.